The van der Waals surface area contributed by atoms with Crippen LogP contribution >= 0.6 is 0 Å². The summed E-state index contributed by atoms with van der Waals surface area (Å²) in [5.74, 6) is 1.73. The fourth-order valence-electron chi connectivity index (χ4n) is 2.56. The number of hydrogen-bond donors (Lipinski definition) is 0. The summed E-state index contributed by atoms with van der Waals surface area (Å²) in [4.78, 5) is 0. The maximum atomic E-state index is 6.19. The predicted octanol–water partition coefficient (Wildman–Crippen LogP) is 4.02. The third kappa shape index (κ3) is 3.76. The fraction of sp³-hybridized carbons (Fsp3) is 0.625. The van der Waals surface area contributed by atoms with Gasteiger partial charge in [0, 0.05) is 12.0 Å². The lowest BCUT2D eigenvalue weighted by Gasteiger charge is -2.24. The normalized spacial score (nSPS) is 17.7. The molecule has 20 heavy (non-hydrogen) atoms. The zero-order valence-electron chi connectivity index (χ0n) is 13.1. The van der Waals surface area contributed by atoms with Crippen LogP contribution in [0.4, 0.5) is 0 Å². The molecule has 0 spiro atoms. The van der Waals surface area contributed by atoms with Crippen LogP contribution in [0.2, 0.25) is 19.1 Å². The monoisotopic (exact) mass is 294 g/mol. The van der Waals surface area contributed by atoms with Gasteiger partial charge in [-0.1, -0.05) is 31.9 Å². The Morgan fingerprint density at radius 2 is 2.15 bits per heavy atom. The first kappa shape index (κ1) is 15.4. The van der Waals surface area contributed by atoms with Gasteiger partial charge in [0.05, 0.1) is 13.7 Å². The molecule has 0 aliphatic carbocycles. The van der Waals surface area contributed by atoms with Gasteiger partial charge in [-0.05, 0) is 25.2 Å². The maximum absolute atomic E-state index is 6.19. The quantitative estimate of drug-likeness (QED) is 0.711. The van der Waals surface area contributed by atoms with E-state index in [0.717, 1.165) is 17.9 Å². The van der Waals surface area contributed by atoms with Crippen molar-refractivity contribution in [2.24, 2.45) is 0 Å². The number of benzene rings is 1. The molecule has 1 aliphatic rings. The molecule has 0 saturated carbocycles. The van der Waals surface area contributed by atoms with Crippen molar-refractivity contribution < 1.29 is 13.9 Å². The zero-order chi connectivity index (χ0) is 14.6. The van der Waals surface area contributed by atoms with Gasteiger partial charge in [0.1, 0.15) is 6.10 Å². The molecular weight excluding hydrogens is 268 g/mol. The van der Waals surface area contributed by atoms with Crippen LogP contribution in [0.5, 0.6) is 11.5 Å². The standard InChI is InChI=1S/C16H26O3Si/c1-5-6-10-20(3,4)18-12-14-11-13-8-7-9-15(17-2)16(13)19-14/h7-9,14H,5-6,10-12H2,1-4H3. The van der Waals surface area contributed by atoms with E-state index in [1.54, 1.807) is 7.11 Å². The topological polar surface area (TPSA) is 27.7 Å². The minimum atomic E-state index is -1.53. The van der Waals surface area contributed by atoms with E-state index < -0.39 is 8.32 Å². The molecule has 0 fully saturated rings. The molecule has 0 N–H and O–H groups in total. The van der Waals surface area contributed by atoms with Crippen molar-refractivity contribution in [1.82, 2.24) is 0 Å². The number of ether oxygens (including phenoxy) is 2. The van der Waals surface area contributed by atoms with Crippen LogP contribution in [-0.2, 0) is 10.8 Å². The van der Waals surface area contributed by atoms with Gasteiger partial charge in [-0.25, -0.2) is 0 Å². The van der Waals surface area contributed by atoms with Gasteiger partial charge in [-0.2, -0.15) is 0 Å². The van der Waals surface area contributed by atoms with E-state index in [4.69, 9.17) is 13.9 Å². The average Bonchev–Trinajstić information content (AvgIpc) is 2.86. The molecule has 1 heterocycles. The minimum Gasteiger partial charge on any atom is -0.493 e. The number of para-hydroxylation sites is 1. The highest BCUT2D eigenvalue weighted by Gasteiger charge is 2.29. The number of rotatable bonds is 7. The summed E-state index contributed by atoms with van der Waals surface area (Å²) in [5.41, 5.74) is 1.23. The Morgan fingerprint density at radius 1 is 1.35 bits per heavy atom. The maximum Gasteiger partial charge on any atom is 0.186 e. The van der Waals surface area contributed by atoms with E-state index in [2.05, 4.69) is 26.1 Å². The van der Waals surface area contributed by atoms with E-state index in [1.807, 2.05) is 12.1 Å². The first-order chi connectivity index (χ1) is 9.55. The summed E-state index contributed by atoms with van der Waals surface area (Å²) in [5, 5.41) is 0. The van der Waals surface area contributed by atoms with E-state index in [-0.39, 0.29) is 6.10 Å². The molecule has 1 unspecified atom stereocenters. The Balaban J connectivity index is 1.89. The number of fused-ring (bicyclic) bond motifs is 1. The smallest absolute Gasteiger partial charge is 0.186 e. The van der Waals surface area contributed by atoms with Gasteiger partial charge in [0.25, 0.3) is 0 Å². The van der Waals surface area contributed by atoms with E-state index >= 15 is 0 Å². The van der Waals surface area contributed by atoms with Crippen molar-refractivity contribution in [1.29, 1.82) is 0 Å². The molecule has 112 valence electrons. The number of unbranched alkanes of at least 4 members (excludes halogenated alkanes) is 1. The molecule has 4 heteroatoms. The lowest BCUT2D eigenvalue weighted by molar-refractivity contribution is 0.140. The highest BCUT2D eigenvalue weighted by Crippen LogP contribution is 2.37. The fourth-order valence-corrected chi connectivity index (χ4v) is 4.54. The number of hydrogen-bond acceptors (Lipinski definition) is 3. The van der Waals surface area contributed by atoms with Crippen molar-refractivity contribution in [3.05, 3.63) is 23.8 Å². The van der Waals surface area contributed by atoms with Crippen molar-refractivity contribution >= 4 is 8.32 Å². The van der Waals surface area contributed by atoms with Crippen molar-refractivity contribution in [2.75, 3.05) is 13.7 Å². The van der Waals surface area contributed by atoms with Gasteiger partial charge in [0.15, 0.2) is 19.8 Å². The van der Waals surface area contributed by atoms with Gasteiger partial charge in [-0.15, -0.1) is 0 Å². The van der Waals surface area contributed by atoms with Crippen molar-refractivity contribution in [3.63, 3.8) is 0 Å². The highest BCUT2D eigenvalue weighted by molar-refractivity contribution is 6.71. The summed E-state index contributed by atoms with van der Waals surface area (Å²) in [7, 11) is 0.156. The Kier molecular flexibility index (Phi) is 5.10. The summed E-state index contributed by atoms with van der Waals surface area (Å²) in [6.45, 7) is 7.52. The van der Waals surface area contributed by atoms with Gasteiger partial charge in [-0.3, -0.25) is 0 Å². The molecule has 1 atom stereocenters. The van der Waals surface area contributed by atoms with E-state index in [0.29, 0.717) is 6.61 Å². The summed E-state index contributed by atoms with van der Waals surface area (Å²) >= 11 is 0. The van der Waals surface area contributed by atoms with Crippen LogP contribution in [0.25, 0.3) is 0 Å². The molecule has 0 amide bonds. The predicted molar refractivity (Wildman–Crippen MR) is 84.3 cm³/mol. The molecule has 0 radical (unpaired) electrons. The molecule has 3 nitrogen and oxygen atoms in total. The molecule has 2 rings (SSSR count). The van der Waals surface area contributed by atoms with Crippen LogP contribution in [0.3, 0.4) is 0 Å². The average molecular weight is 294 g/mol. The van der Waals surface area contributed by atoms with Crippen LogP contribution < -0.4 is 9.47 Å². The van der Waals surface area contributed by atoms with E-state index in [1.165, 1.54) is 24.4 Å². The van der Waals surface area contributed by atoms with Gasteiger partial charge >= 0.3 is 0 Å². The third-order valence-corrected chi connectivity index (χ3v) is 6.31. The highest BCUT2D eigenvalue weighted by atomic mass is 28.4. The first-order valence-electron chi connectivity index (χ1n) is 7.52. The summed E-state index contributed by atoms with van der Waals surface area (Å²) in [6.07, 6.45) is 3.56. The molecule has 0 aromatic heterocycles. The number of methoxy groups -OCH3 is 1. The zero-order valence-corrected chi connectivity index (χ0v) is 14.1. The molecular formula is C16H26O3Si. The second kappa shape index (κ2) is 6.63. The largest absolute Gasteiger partial charge is 0.493 e. The van der Waals surface area contributed by atoms with Crippen LogP contribution in [0, 0.1) is 0 Å². The molecule has 1 aromatic carbocycles. The SMILES string of the molecule is CCCC[Si](C)(C)OCC1Cc2cccc(OC)c2O1. The lowest BCUT2D eigenvalue weighted by atomic mass is 10.1. The molecule has 1 aromatic rings. The Bertz CT molecular complexity index is 445. The van der Waals surface area contributed by atoms with Crippen LogP contribution in [-0.4, -0.2) is 28.1 Å². The summed E-state index contributed by atoms with van der Waals surface area (Å²) < 4.78 is 17.5. The Hall–Kier alpha value is -1.00. The van der Waals surface area contributed by atoms with E-state index in [9.17, 15) is 0 Å². The molecule has 0 bridgehead atoms. The Morgan fingerprint density at radius 3 is 2.85 bits per heavy atom. The van der Waals surface area contributed by atoms with Crippen molar-refractivity contribution in [3.8, 4) is 11.5 Å². The second-order valence-corrected chi connectivity index (χ2v) is 10.4. The third-order valence-electron chi connectivity index (χ3n) is 3.80. The van der Waals surface area contributed by atoms with Crippen LogP contribution in [0.1, 0.15) is 25.3 Å². The van der Waals surface area contributed by atoms with Crippen molar-refractivity contribution in [2.45, 2.75) is 51.4 Å². The molecule has 1 aliphatic heterocycles. The second-order valence-electron chi connectivity index (χ2n) is 6.07. The lowest BCUT2D eigenvalue weighted by Crippen LogP contribution is -2.35. The minimum absolute atomic E-state index is 0.134. The first-order valence-corrected chi connectivity index (χ1v) is 10.6. The van der Waals surface area contributed by atoms with Gasteiger partial charge in [0.2, 0.25) is 0 Å². The van der Waals surface area contributed by atoms with Gasteiger partial charge < -0.3 is 13.9 Å². The molecule has 0 saturated heterocycles. The Labute approximate surface area is 123 Å². The summed E-state index contributed by atoms with van der Waals surface area (Å²) in [6, 6.07) is 7.30. The van der Waals surface area contributed by atoms with Crippen LogP contribution in [0.15, 0.2) is 18.2 Å².